The first kappa shape index (κ1) is 24.2. The number of anilines is 1. The normalized spacial score (nSPS) is 17.3. The van der Waals surface area contributed by atoms with Crippen LogP contribution in [0.3, 0.4) is 0 Å². The van der Waals surface area contributed by atoms with Gasteiger partial charge in [-0.2, -0.15) is 0 Å². The largest absolute Gasteiger partial charge is 0.507 e. The number of carbonyl (C=O) groups excluding carboxylic acids is 2. The zero-order valence-corrected chi connectivity index (χ0v) is 20.4. The van der Waals surface area contributed by atoms with Crippen molar-refractivity contribution in [2.75, 3.05) is 4.90 Å². The highest BCUT2D eigenvalue weighted by Crippen LogP contribution is 2.43. The molecule has 1 amide bonds. The van der Waals surface area contributed by atoms with Gasteiger partial charge in [0.05, 0.1) is 17.7 Å². The second-order valence-corrected chi connectivity index (χ2v) is 9.22. The van der Waals surface area contributed by atoms with Crippen LogP contribution < -0.4 is 9.64 Å². The van der Waals surface area contributed by atoms with Crippen molar-refractivity contribution in [3.8, 4) is 5.75 Å². The number of aryl methyl sites for hydroxylation is 3. The van der Waals surface area contributed by atoms with Crippen LogP contribution >= 0.6 is 0 Å². The fraction of sp³-hybridized carbons (Fsp3) is 0.241. The summed E-state index contributed by atoms with van der Waals surface area (Å²) in [4.78, 5) is 28.2. The van der Waals surface area contributed by atoms with E-state index in [2.05, 4.69) is 0 Å². The number of aliphatic hydroxyl groups is 1. The van der Waals surface area contributed by atoms with Gasteiger partial charge < -0.3 is 9.84 Å². The Kier molecular flexibility index (Phi) is 6.48. The summed E-state index contributed by atoms with van der Waals surface area (Å²) >= 11 is 0. The number of hydrogen-bond donors (Lipinski definition) is 1. The standard InChI is InChI=1S/C29H28FNO4/c1-16(2)35-23-8-6-7-20(15-23)26-25(27(32)21-9-10-24(30)19(5)14-21)28(33)29(34)31(26)22-12-17(3)11-18(4)13-22/h6-16,26,32H,1-5H3/b27-25-. The van der Waals surface area contributed by atoms with Crippen LogP contribution in [0.15, 0.2) is 66.2 Å². The number of amides is 1. The van der Waals surface area contributed by atoms with Crippen LogP contribution in [0, 0.1) is 26.6 Å². The summed E-state index contributed by atoms with van der Waals surface area (Å²) in [6.07, 6.45) is -0.0711. The molecule has 1 fully saturated rings. The third-order valence-corrected chi connectivity index (χ3v) is 5.91. The maximum Gasteiger partial charge on any atom is 0.300 e. The van der Waals surface area contributed by atoms with Crippen molar-refractivity contribution in [3.63, 3.8) is 0 Å². The number of hydrogen-bond acceptors (Lipinski definition) is 4. The van der Waals surface area contributed by atoms with Gasteiger partial charge in [-0.1, -0.05) is 18.2 Å². The minimum absolute atomic E-state index is 0.0538. The van der Waals surface area contributed by atoms with E-state index in [4.69, 9.17) is 4.74 Å². The highest BCUT2D eigenvalue weighted by Gasteiger charge is 2.47. The van der Waals surface area contributed by atoms with Crippen LogP contribution in [-0.4, -0.2) is 22.9 Å². The van der Waals surface area contributed by atoms with Crippen molar-refractivity contribution in [1.82, 2.24) is 0 Å². The number of rotatable bonds is 5. The highest BCUT2D eigenvalue weighted by molar-refractivity contribution is 6.51. The van der Waals surface area contributed by atoms with Gasteiger partial charge in [-0.3, -0.25) is 14.5 Å². The van der Waals surface area contributed by atoms with Crippen LogP contribution in [-0.2, 0) is 9.59 Å². The van der Waals surface area contributed by atoms with Gasteiger partial charge in [0.1, 0.15) is 17.3 Å². The molecular weight excluding hydrogens is 445 g/mol. The predicted octanol–water partition coefficient (Wildman–Crippen LogP) is 6.16. The number of aliphatic hydroxyl groups excluding tert-OH is 1. The number of ketones is 1. The molecule has 0 radical (unpaired) electrons. The molecule has 1 aliphatic rings. The molecule has 3 aromatic rings. The molecule has 0 bridgehead atoms. The third-order valence-electron chi connectivity index (χ3n) is 5.91. The van der Waals surface area contributed by atoms with Crippen LogP contribution in [0.5, 0.6) is 5.75 Å². The van der Waals surface area contributed by atoms with Crippen LogP contribution in [0.4, 0.5) is 10.1 Å². The Morgan fingerprint density at radius 2 is 1.66 bits per heavy atom. The first-order valence-corrected chi connectivity index (χ1v) is 11.5. The molecule has 1 atom stereocenters. The Hall–Kier alpha value is -3.93. The van der Waals surface area contributed by atoms with Gasteiger partial charge in [0, 0.05) is 11.3 Å². The van der Waals surface area contributed by atoms with E-state index in [1.54, 1.807) is 31.2 Å². The van der Waals surface area contributed by atoms with Gasteiger partial charge in [0.2, 0.25) is 0 Å². The lowest BCUT2D eigenvalue weighted by Gasteiger charge is -2.26. The van der Waals surface area contributed by atoms with Crippen molar-refractivity contribution in [3.05, 3.63) is 99.9 Å². The van der Waals surface area contributed by atoms with Gasteiger partial charge in [0.25, 0.3) is 11.7 Å². The Morgan fingerprint density at radius 3 is 2.29 bits per heavy atom. The third kappa shape index (κ3) is 4.69. The second kappa shape index (κ2) is 9.37. The molecule has 1 saturated heterocycles. The van der Waals surface area contributed by atoms with Gasteiger partial charge in [0.15, 0.2) is 0 Å². The summed E-state index contributed by atoms with van der Waals surface area (Å²) in [5.41, 5.74) is 3.57. The number of ether oxygens (including phenoxy) is 1. The summed E-state index contributed by atoms with van der Waals surface area (Å²) in [5, 5.41) is 11.3. The first-order valence-electron chi connectivity index (χ1n) is 11.5. The van der Waals surface area contributed by atoms with E-state index in [-0.39, 0.29) is 23.0 Å². The average molecular weight is 474 g/mol. The minimum atomic E-state index is -0.891. The lowest BCUT2D eigenvalue weighted by atomic mass is 9.94. The zero-order valence-electron chi connectivity index (χ0n) is 20.4. The molecule has 5 nitrogen and oxygen atoms in total. The topological polar surface area (TPSA) is 66.8 Å². The van der Waals surface area contributed by atoms with Crippen molar-refractivity contribution >= 4 is 23.1 Å². The summed E-state index contributed by atoms with van der Waals surface area (Å²) in [6, 6.07) is 16.0. The molecule has 180 valence electrons. The van der Waals surface area contributed by atoms with Crippen LogP contribution in [0.25, 0.3) is 5.76 Å². The van der Waals surface area contributed by atoms with E-state index in [0.29, 0.717) is 22.6 Å². The molecule has 0 saturated carbocycles. The molecule has 0 spiro atoms. The number of benzene rings is 3. The number of Topliss-reactive ketones (excluding diaryl/α,β-unsaturated/α-hetero) is 1. The molecule has 1 aliphatic heterocycles. The van der Waals surface area contributed by atoms with E-state index >= 15 is 0 Å². The fourth-order valence-corrected chi connectivity index (χ4v) is 4.48. The van der Waals surface area contributed by atoms with E-state index in [1.165, 1.54) is 23.1 Å². The Bertz CT molecular complexity index is 1340. The molecular formula is C29H28FNO4. The molecule has 35 heavy (non-hydrogen) atoms. The Balaban J connectivity index is 1.96. The molecule has 1 N–H and O–H groups in total. The van der Waals surface area contributed by atoms with Crippen LogP contribution in [0.1, 0.15) is 47.7 Å². The lowest BCUT2D eigenvalue weighted by Crippen LogP contribution is -2.29. The zero-order chi connectivity index (χ0) is 25.4. The van der Waals surface area contributed by atoms with E-state index in [9.17, 15) is 19.1 Å². The van der Waals surface area contributed by atoms with E-state index in [1.807, 2.05) is 45.9 Å². The fourth-order valence-electron chi connectivity index (χ4n) is 4.48. The summed E-state index contributed by atoms with van der Waals surface area (Å²) in [6.45, 7) is 9.22. The van der Waals surface area contributed by atoms with E-state index < -0.39 is 23.5 Å². The maximum atomic E-state index is 13.9. The van der Waals surface area contributed by atoms with Gasteiger partial charge in [-0.25, -0.2) is 4.39 Å². The summed E-state index contributed by atoms with van der Waals surface area (Å²) in [7, 11) is 0. The second-order valence-electron chi connectivity index (χ2n) is 9.22. The highest BCUT2D eigenvalue weighted by atomic mass is 19.1. The van der Waals surface area contributed by atoms with Gasteiger partial charge >= 0.3 is 0 Å². The summed E-state index contributed by atoms with van der Waals surface area (Å²) < 4.78 is 19.7. The maximum absolute atomic E-state index is 13.9. The van der Waals surface area contributed by atoms with Crippen molar-refractivity contribution in [2.24, 2.45) is 0 Å². The number of halogens is 1. The van der Waals surface area contributed by atoms with E-state index in [0.717, 1.165) is 11.1 Å². The van der Waals surface area contributed by atoms with Crippen molar-refractivity contribution in [2.45, 2.75) is 46.8 Å². The number of carbonyl (C=O) groups is 2. The van der Waals surface area contributed by atoms with Crippen molar-refractivity contribution < 1.29 is 23.8 Å². The average Bonchev–Trinajstić information content (AvgIpc) is 3.05. The minimum Gasteiger partial charge on any atom is -0.507 e. The molecule has 3 aromatic carbocycles. The molecule has 6 heteroatoms. The Morgan fingerprint density at radius 1 is 0.971 bits per heavy atom. The molecule has 1 heterocycles. The van der Waals surface area contributed by atoms with Crippen molar-refractivity contribution in [1.29, 1.82) is 0 Å². The van der Waals surface area contributed by atoms with Crippen LogP contribution in [0.2, 0.25) is 0 Å². The SMILES string of the molecule is Cc1cc(C)cc(N2C(=O)C(=O)/C(=C(\O)c3ccc(F)c(C)c3)C2c2cccc(OC(C)C)c2)c1. The number of nitrogens with zero attached hydrogens (tertiary/aromatic N) is 1. The smallest absolute Gasteiger partial charge is 0.300 e. The molecule has 0 aromatic heterocycles. The monoisotopic (exact) mass is 473 g/mol. The van der Waals surface area contributed by atoms with Gasteiger partial charge in [-0.05, 0) is 99.3 Å². The molecule has 0 aliphatic carbocycles. The Labute approximate surface area is 204 Å². The lowest BCUT2D eigenvalue weighted by molar-refractivity contribution is -0.132. The summed E-state index contributed by atoms with van der Waals surface area (Å²) in [5.74, 6) is -1.73. The predicted molar refractivity (Wildman–Crippen MR) is 134 cm³/mol. The van der Waals surface area contributed by atoms with Gasteiger partial charge in [-0.15, -0.1) is 0 Å². The first-order chi connectivity index (χ1) is 16.6. The quantitative estimate of drug-likeness (QED) is 0.274. The molecule has 4 rings (SSSR count). The molecule has 1 unspecified atom stereocenters.